The molecule has 1 N–H and O–H groups in total. The van der Waals surface area contributed by atoms with Gasteiger partial charge in [-0.1, -0.05) is 6.07 Å². The topological polar surface area (TPSA) is 71.0 Å². The lowest BCUT2D eigenvalue weighted by Crippen LogP contribution is -2.61. The first kappa shape index (κ1) is 16.5. The maximum Gasteiger partial charge on any atom is 0.257 e. The number of nitrogens with one attached hydrogen (secondary N) is 1. The van der Waals surface area contributed by atoms with Gasteiger partial charge in [0.15, 0.2) is 0 Å². The highest BCUT2D eigenvalue weighted by Crippen LogP contribution is 2.45. The molecule has 1 unspecified atom stereocenters. The molecule has 1 amide bonds. The number of nitrogens with zero attached hydrogens (tertiary/aromatic N) is 4. The summed E-state index contributed by atoms with van der Waals surface area (Å²) in [5.41, 5.74) is 1.79. The van der Waals surface area contributed by atoms with Crippen LogP contribution >= 0.6 is 11.8 Å². The zero-order chi connectivity index (χ0) is 17.3. The Labute approximate surface area is 151 Å². The first-order chi connectivity index (χ1) is 12.1. The van der Waals surface area contributed by atoms with Crippen LogP contribution in [-0.2, 0) is 6.54 Å². The molecule has 0 aromatic carbocycles. The summed E-state index contributed by atoms with van der Waals surface area (Å²) in [6.45, 7) is 4.30. The molecule has 25 heavy (non-hydrogen) atoms. The van der Waals surface area contributed by atoms with E-state index in [-0.39, 0.29) is 10.7 Å². The Morgan fingerprint density at radius 1 is 1.36 bits per heavy atom. The van der Waals surface area contributed by atoms with Crippen molar-refractivity contribution in [3.63, 3.8) is 0 Å². The van der Waals surface area contributed by atoms with Gasteiger partial charge in [-0.05, 0) is 25.0 Å². The van der Waals surface area contributed by atoms with E-state index in [1.54, 1.807) is 18.6 Å². The van der Waals surface area contributed by atoms with Crippen LogP contribution in [0.3, 0.4) is 0 Å². The summed E-state index contributed by atoms with van der Waals surface area (Å²) in [4.78, 5) is 26.8. The van der Waals surface area contributed by atoms with Crippen molar-refractivity contribution < 1.29 is 4.79 Å². The fourth-order valence-electron chi connectivity index (χ4n) is 3.44. The van der Waals surface area contributed by atoms with Gasteiger partial charge in [-0.3, -0.25) is 9.78 Å². The smallest absolute Gasteiger partial charge is 0.257 e. The van der Waals surface area contributed by atoms with Crippen molar-refractivity contribution in [1.82, 2.24) is 25.2 Å². The average Bonchev–Trinajstić information content (AvgIpc) is 3.04. The van der Waals surface area contributed by atoms with Crippen molar-refractivity contribution in [2.45, 2.75) is 30.7 Å². The minimum atomic E-state index is 0.0398. The van der Waals surface area contributed by atoms with Crippen LogP contribution < -0.4 is 5.32 Å². The molecule has 2 fully saturated rings. The van der Waals surface area contributed by atoms with Crippen LogP contribution in [0.4, 0.5) is 0 Å². The zero-order valence-electron chi connectivity index (χ0n) is 14.2. The molecule has 7 heteroatoms. The second-order valence-electron chi connectivity index (χ2n) is 6.82. The number of aromatic nitrogens is 3. The van der Waals surface area contributed by atoms with Crippen LogP contribution in [0.5, 0.6) is 0 Å². The summed E-state index contributed by atoms with van der Waals surface area (Å²) in [5.74, 6) is 1.82. The van der Waals surface area contributed by atoms with E-state index in [0.717, 1.165) is 31.8 Å². The second-order valence-corrected chi connectivity index (χ2v) is 8.31. The van der Waals surface area contributed by atoms with Crippen LogP contribution in [-0.4, -0.2) is 55.4 Å². The van der Waals surface area contributed by atoms with Crippen molar-refractivity contribution in [3.8, 4) is 0 Å². The number of likely N-dealkylation sites (tertiary alicyclic amines) is 1. The predicted octanol–water partition coefficient (Wildman–Crippen LogP) is 1.67. The lowest BCUT2D eigenvalue weighted by atomic mass is 9.91. The molecule has 1 spiro atoms. The zero-order valence-corrected chi connectivity index (χ0v) is 15.0. The van der Waals surface area contributed by atoms with E-state index in [1.165, 1.54) is 5.56 Å². The van der Waals surface area contributed by atoms with Crippen molar-refractivity contribution in [3.05, 3.63) is 53.9 Å². The molecule has 0 radical (unpaired) electrons. The number of hydrogen-bond donors (Lipinski definition) is 1. The van der Waals surface area contributed by atoms with E-state index in [9.17, 15) is 4.79 Å². The molecule has 0 aliphatic carbocycles. The highest BCUT2D eigenvalue weighted by Gasteiger charge is 2.50. The standard InChI is InChI=1S/C18H21N5OS/c1-13-20-8-15(9-21-13)17(24)23-11-18(12-23)5-16(10-25-18)22-7-14-3-2-4-19-6-14/h2-4,6,8-9,16,22H,5,7,10-12H2,1H3. The predicted molar refractivity (Wildman–Crippen MR) is 97.3 cm³/mol. The van der Waals surface area contributed by atoms with Crippen LogP contribution in [0.2, 0.25) is 0 Å². The molecule has 2 aromatic rings. The number of carbonyl (C=O) groups is 1. The maximum absolute atomic E-state index is 12.5. The Hall–Kier alpha value is -1.99. The van der Waals surface area contributed by atoms with Gasteiger partial charge in [-0.2, -0.15) is 0 Å². The highest BCUT2D eigenvalue weighted by atomic mass is 32.2. The fourth-order valence-corrected chi connectivity index (χ4v) is 5.04. The third kappa shape index (κ3) is 3.52. The number of pyridine rings is 1. The number of thioether (sulfide) groups is 1. The SMILES string of the molecule is Cc1ncc(C(=O)N2CC3(CC(NCc4cccnc4)CS3)C2)cn1. The van der Waals surface area contributed by atoms with E-state index >= 15 is 0 Å². The van der Waals surface area contributed by atoms with Crippen molar-refractivity contribution in [2.24, 2.45) is 0 Å². The van der Waals surface area contributed by atoms with Gasteiger partial charge in [0.25, 0.3) is 5.91 Å². The molecular formula is C18H21N5OS. The van der Waals surface area contributed by atoms with E-state index < -0.39 is 0 Å². The lowest BCUT2D eigenvalue weighted by molar-refractivity contribution is 0.0551. The molecule has 4 rings (SSSR count). The molecule has 2 aliphatic heterocycles. The third-order valence-electron chi connectivity index (χ3n) is 4.80. The van der Waals surface area contributed by atoms with Gasteiger partial charge in [0.1, 0.15) is 5.82 Å². The number of hydrogen-bond acceptors (Lipinski definition) is 6. The minimum absolute atomic E-state index is 0.0398. The molecule has 130 valence electrons. The van der Waals surface area contributed by atoms with E-state index in [1.807, 2.05) is 35.8 Å². The number of carbonyl (C=O) groups excluding carboxylic acids is 1. The summed E-state index contributed by atoms with van der Waals surface area (Å²) >= 11 is 1.99. The van der Waals surface area contributed by atoms with Crippen LogP contribution in [0.25, 0.3) is 0 Å². The minimum Gasteiger partial charge on any atom is -0.336 e. The van der Waals surface area contributed by atoms with E-state index in [0.29, 0.717) is 17.4 Å². The normalized spacial score (nSPS) is 21.3. The second kappa shape index (κ2) is 6.72. The highest BCUT2D eigenvalue weighted by molar-refractivity contribution is 8.01. The number of aryl methyl sites for hydroxylation is 1. The molecule has 2 aromatic heterocycles. The van der Waals surface area contributed by atoms with E-state index in [2.05, 4.69) is 26.3 Å². The molecule has 6 nitrogen and oxygen atoms in total. The van der Waals surface area contributed by atoms with Crippen LogP contribution in [0.15, 0.2) is 36.9 Å². The first-order valence-corrected chi connectivity index (χ1v) is 9.46. The fraction of sp³-hybridized carbons (Fsp3) is 0.444. The lowest BCUT2D eigenvalue weighted by Gasteiger charge is -2.47. The molecule has 0 bridgehead atoms. The molecule has 4 heterocycles. The van der Waals surface area contributed by atoms with Crippen molar-refractivity contribution in [1.29, 1.82) is 0 Å². The Morgan fingerprint density at radius 2 is 2.16 bits per heavy atom. The van der Waals surface area contributed by atoms with Gasteiger partial charge in [0.05, 0.1) is 10.3 Å². The summed E-state index contributed by atoms with van der Waals surface area (Å²) < 4.78 is 0.216. The average molecular weight is 355 g/mol. The first-order valence-electron chi connectivity index (χ1n) is 8.48. The monoisotopic (exact) mass is 355 g/mol. The largest absolute Gasteiger partial charge is 0.336 e. The molecule has 1 atom stereocenters. The van der Waals surface area contributed by atoms with Gasteiger partial charge >= 0.3 is 0 Å². The van der Waals surface area contributed by atoms with Gasteiger partial charge in [-0.15, -0.1) is 11.8 Å². The quantitative estimate of drug-likeness (QED) is 0.900. The molecule has 0 saturated carbocycles. The Balaban J connectivity index is 1.28. The van der Waals surface area contributed by atoms with Crippen LogP contribution in [0, 0.1) is 6.92 Å². The summed E-state index contributed by atoms with van der Waals surface area (Å²) in [7, 11) is 0. The Kier molecular flexibility index (Phi) is 4.43. The summed E-state index contributed by atoms with van der Waals surface area (Å²) in [5, 5.41) is 3.62. The van der Waals surface area contributed by atoms with Gasteiger partial charge < -0.3 is 10.2 Å². The Bertz CT molecular complexity index is 746. The molecular weight excluding hydrogens is 334 g/mol. The maximum atomic E-state index is 12.5. The molecule has 2 saturated heterocycles. The van der Waals surface area contributed by atoms with E-state index in [4.69, 9.17) is 0 Å². The van der Waals surface area contributed by atoms with Gasteiger partial charge in [0, 0.05) is 56.2 Å². The van der Waals surface area contributed by atoms with Crippen molar-refractivity contribution >= 4 is 17.7 Å². The number of amides is 1. The summed E-state index contributed by atoms with van der Waals surface area (Å²) in [6, 6.07) is 4.54. The Morgan fingerprint density at radius 3 is 2.88 bits per heavy atom. The third-order valence-corrected chi connectivity index (χ3v) is 6.41. The number of rotatable bonds is 4. The van der Waals surface area contributed by atoms with Gasteiger partial charge in [-0.25, -0.2) is 9.97 Å². The van der Waals surface area contributed by atoms with Crippen LogP contribution in [0.1, 0.15) is 28.2 Å². The molecule has 2 aliphatic rings. The van der Waals surface area contributed by atoms with Gasteiger partial charge in [0.2, 0.25) is 0 Å². The summed E-state index contributed by atoms with van der Waals surface area (Å²) in [6.07, 6.45) is 8.04. The van der Waals surface area contributed by atoms with Crippen molar-refractivity contribution in [2.75, 3.05) is 18.8 Å².